The van der Waals surface area contributed by atoms with Gasteiger partial charge >= 0.3 is 6.36 Å². The zero-order chi connectivity index (χ0) is 20.1. The Morgan fingerprint density at radius 3 is 2.46 bits per heavy atom. The van der Waals surface area contributed by atoms with Crippen LogP contribution in [0.1, 0.15) is 0 Å². The third kappa shape index (κ3) is 7.44. The highest BCUT2D eigenvalue weighted by Gasteiger charge is 2.30. The number of likely N-dealkylation sites (N-methyl/N-ethyl adjacent to an activating group) is 1. The lowest BCUT2D eigenvalue weighted by Crippen LogP contribution is -2.30. The predicted octanol–water partition coefficient (Wildman–Crippen LogP) is 3.31. The van der Waals surface area contributed by atoms with Crippen LogP contribution in [0, 0.1) is 0 Å². The molecule has 13 heteroatoms. The number of hydrogen-bond donors (Lipinski definition) is 2. The number of rotatable bonds is 7. The van der Waals surface area contributed by atoms with E-state index in [1.807, 2.05) is 0 Å². The maximum absolute atomic E-state index is 12.2. The molecule has 0 saturated heterocycles. The van der Waals surface area contributed by atoms with Crippen LogP contribution in [0.25, 0.3) is 0 Å². The van der Waals surface area contributed by atoms with Crippen LogP contribution in [0.2, 0.25) is 0 Å². The van der Waals surface area contributed by atoms with Gasteiger partial charge in [-0.2, -0.15) is 4.31 Å². The summed E-state index contributed by atoms with van der Waals surface area (Å²) in [5.41, 5.74) is 6.10. The molecule has 0 aliphatic heterocycles. The Morgan fingerprint density at radius 2 is 1.93 bits per heavy atom. The van der Waals surface area contributed by atoms with E-state index in [-0.39, 0.29) is 53.0 Å². The number of anilines is 1. The van der Waals surface area contributed by atoms with Crippen LogP contribution in [0.15, 0.2) is 51.0 Å². The van der Waals surface area contributed by atoms with Crippen molar-refractivity contribution in [3.63, 3.8) is 0 Å². The second kappa shape index (κ2) is 10.3. The molecule has 0 fully saturated rings. The number of halogens is 4. The van der Waals surface area contributed by atoms with Gasteiger partial charge in [0.25, 0.3) is 10.0 Å². The van der Waals surface area contributed by atoms with Gasteiger partial charge in [0.2, 0.25) is 0 Å². The Kier molecular flexibility index (Phi) is 8.97. The molecule has 0 aliphatic rings. The number of nitrogens with two attached hydrogens (primary N) is 1. The Labute approximate surface area is 181 Å². The topological polar surface area (TPSA) is 97.0 Å². The first kappa shape index (κ1) is 24.5. The van der Waals surface area contributed by atoms with Crippen molar-refractivity contribution in [3.8, 4) is 5.75 Å². The van der Waals surface area contributed by atoms with E-state index in [4.69, 9.17) is 5.73 Å². The quantitative estimate of drug-likeness (QED) is 0.314. The van der Waals surface area contributed by atoms with Crippen LogP contribution in [-0.2, 0) is 10.0 Å². The zero-order valence-corrected chi connectivity index (χ0v) is 18.5. The standard InChI is InChI=1S/C15H17F3N4O3S2.HI/c1-22(27(23,24)13-3-2-10-26-13)9-8-20-14(19)21-11-4-6-12(7-5-11)25-15(16,17)18;/h2-7,10H,8-9H2,1H3,(H3,19,20,21);1H. The van der Waals surface area contributed by atoms with Gasteiger partial charge in [-0.25, -0.2) is 8.42 Å². The highest BCUT2D eigenvalue weighted by Crippen LogP contribution is 2.24. The van der Waals surface area contributed by atoms with Gasteiger partial charge in [0.1, 0.15) is 9.96 Å². The maximum atomic E-state index is 12.2. The summed E-state index contributed by atoms with van der Waals surface area (Å²) < 4.78 is 66.0. The SMILES string of the molecule is CN(CCN=C(N)Nc1ccc(OC(F)(F)F)cc1)S(=O)(=O)c1cccs1.I. The minimum atomic E-state index is -4.76. The number of guanidine groups is 1. The van der Waals surface area contributed by atoms with Crippen molar-refractivity contribution in [2.45, 2.75) is 10.6 Å². The molecule has 0 radical (unpaired) electrons. The number of sulfonamides is 1. The van der Waals surface area contributed by atoms with Crippen molar-refractivity contribution in [1.82, 2.24) is 4.31 Å². The number of benzene rings is 1. The molecule has 28 heavy (non-hydrogen) atoms. The van der Waals surface area contributed by atoms with Gasteiger partial charge in [0.15, 0.2) is 5.96 Å². The Bertz CT molecular complexity index is 873. The zero-order valence-electron chi connectivity index (χ0n) is 14.5. The largest absolute Gasteiger partial charge is 0.573 e. The Morgan fingerprint density at radius 1 is 1.29 bits per heavy atom. The fourth-order valence-corrected chi connectivity index (χ4v) is 4.29. The molecule has 0 bridgehead atoms. The van der Waals surface area contributed by atoms with Gasteiger partial charge in [-0.05, 0) is 35.7 Å². The van der Waals surface area contributed by atoms with Crippen LogP contribution >= 0.6 is 35.3 Å². The van der Waals surface area contributed by atoms with Gasteiger partial charge in [-0.1, -0.05) is 6.07 Å². The van der Waals surface area contributed by atoms with E-state index in [0.29, 0.717) is 5.69 Å². The molecule has 1 heterocycles. The van der Waals surface area contributed by atoms with Gasteiger partial charge in [0.05, 0.1) is 6.54 Å². The number of nitrogens with one attached hydrogen (secondary N) is 1. The number of aliphatic imine (C=N–C) groups is 1. The van der Waals surface area contributed by atoms with E-state index in [1.54, 1.807) is 11.4 Å². The number of alkyl halides is 3. The normalized spacial score (nSPS) is 12.5. The monoisotopic (exact) mass is 550 g/mol. The number of ether oxygens (including phenoxy) is 1. The Hall–Kier alpha value is -1.58. The van der Waals surface area contributed by atoms with Gasteiger partial charge < -0.3 is 15.8 Å². The summed E-state index contributed by atoms with van der Waals surface area (Å²) in [6, 6.07) is 8.11. The van der Waals surface area contributed by atoms with Crippen LogP contribution in [-0.4, -0.2) is 45.2 Å². The lowest BCUT2D eigenvalue weighted by Gasteiger charge is -2.15. The molecule has 1 aromatic heterocycles. The number of nitrogens with zero attached hydrogens (tertiary/aromatic N) is 2. The molecule has 1 aromatic carbocycles. The van der Waals surface area contributed by atoms with Crippen LogP contribution < -0.4 is 15.8 Å². The van der Waals surface area contributed by atoms with Gasteiger partial charge in [-0.3, -0.25) is 4.99 Å². The summed E-state index contributed by atoms with van der Waals surface area (Å²) in [4.78, 5) is 4.01. The van der Waals surface area contributed by atoms with E-state index < -0.39 is 16.4 Å². The molecule has 0 saturated carbocycles. The van der Waals surface area contributed by atoms with Crippen LogP contribution in [0.5, 0.6) is 5.75 Å². The summed E-state index contributed by atoms with van der Waals surface area (Å²) in [5.74, 6) is -0.356. The first-order valence-corrected chi connectivity index (χ1v) is 9.82. The van der Waals surface area contributed by atoms with E-state index in [2.05, 4.69) is 15.0 Å². The Balaban J connectivity index is 0.00000392. The molecule has 0 spiro atoms. The second-order valence-corrected chi connectivity index (χ2v) is 8.44. The second-order valence-electron chi connectivity index (χ2n) is 5.22. The third-order valence-electron chi connectivity index (χ3n) is 3.22. The minimum Gasteiger partial charge on any atom is -0.406 e. The van der Waals surface area contributed by atoms with Gasteiger partial charge in [0, 0.05) is 19.3 Å². The molecular weight excluding hydrogens is 532 g/mol. The summed E-state index contributed by atoms with van der Waals surface area (Å²) >= 11 is 1.12. The third-order valence-corrected chi connectivity index (χ3v) is 6.45. The molecule has 2 aromatic rings. The molecule has 0 aliphatic carbocycles. The molecule has 2 rings (SSSR count). The summed E-state index contributed by atoms with van der Waals surface area (Å²) in [6.07, 6.45) is -4.76. The summed E-state index contributed by atoms with van der Waals surface area (Å²) in [7, 11) is -2.12. The number of thiophene rings is 1. The molecule has 3 N–H and O–H groups in total. The lowest BCUT2D eigenvalue weighted by molar-refractivity contribution is -0.274. The van der Waals surface area contributed by atoms with Crippen molar-refractivity contribution >= 4 is 57.0 Å². The van der Waals surface area contributed by atoms with Crippen molar-refractivity contribution in [1.29, 1.82) is 0 Å². The predicted molar refractivity (Wildman–Crippen MR) is 113 cm³/mol. The molecule has 0 atom stereocenters. The van der Waals surface area contributed by atoms with Crippen molar-refractivity contribution in [2.24, 2.45) is 10.7 Å². The molecule has 0 unspecified atom stereocenters. The summed E-state index contributed by atoms with van der Waals surface area (Å²) in [5, 5.41) is 4.37. The highest BCUT2D eigenvalue weighted by atomic mass is 127. The average Bonchev–Trinajstić information content (AvgIpc) is 3.10. The van der Waals surface area contributed by atoms with Gasteiger partial charge in [-0.15, -0.1) is 48.5 Å². The fraction of sp³-hybridized carbons (Fsp3) is 0.267. The van der Waals surface area contributed by atoms with Crippen molar-refractivity contribution in [3.05, 3.63) is 41.8 Å². The van der Waals surface area contributed by atoms with Crippen molar-refractivity contribution < 1.29 is 26.3 Å². The molecule has 7 nitrogen and oxygen atoms in total. The smallest absolute Gasteiger partial charge is 0.406 e. The van der Waals surface area contributed by atoms with Crippen molar-refractivity contribution in [2.75, 3.05) is 25.5 Å². The van der Waals surface area contributed by atoms with E-state index in [0.717, 1.165) is 23.5 Å². The first-order chi connectivity index (χ1) is 12.6. The summed E-state index contributed by atoms with van der Waals surface area (Å²) in [6.45, 7) is 0.218. The molecule has 156 valence electrons. The van der Waals surface area contributed by atoms with E-state index in [1.165, 1.54) is 29.6 Å². The van der Waals surface area contributed by atoms with E-state index in [9.17, 15) is 21.6 Å². The lowest BCUT2D eigenvalue weighted by atomic mass is 10.3. The average molecular weight is 550 g/mol. The first-order valence-electron chi connectivity index (χ1n) is 7.50. The molecular formula is C15H18F3IN4O3S2. The van der Waals surface area contributed by atoms with Crippen LogP contribution in [0.3, 0.4) is 0 Å². The van der Waals surface area contributed by atoms with Crippen LogP contribution in [0.4, 0.5) is 18.9 Å². The highest BCUT2D eigenvalue weighted by molar-refractivity contribution is 14.0. The maximum Gasteiger partial charge on any atom is 0.573 e. The molecule has 0 amide bonds. The fourth-order valence-electron chi connectivity index (χ4n) is 1.92. The van der Waals surface area contributed by atoms with E-state index >= 15 is 0 Å². The minimum absolute atomic E-state index is 0. The number of hydrogen-bond acceptors (Lipinski definition) is 5.